The van der Waals surface area contributed by atoms with Crippen LogP contribution in [0.4, 0.5) is 8.78 Å². The lowest BCUT2D eigenvalue weighted by molar-refractivity contribution is -0.155. The van der Waals surface area contributed by atoms with Crippen molar-refractivity contribution in [3.8, 4) is 11.1 Å². The lowest BCUT2D eigenvalue weighted by Gasteiger charge is -2.33. The van der Waals surface area contributed by atoms with Crippen LogP contribution in [-0.2, 0) is 44.1 Å². The fraction of sp³-hybridized carbons (Fsp3) is 0.509. The van der Waals surface area contributed by atoms with Crippen LogP contribution in [0.1, 0.15) is 129 Å². The first-order valence-corrected chi connectivity index (χ1v) is 27.4. The number of hydrogen-bond acceptors (Lipinski definition) is 9. The van der Waals surface area contributed by atoms with Gasteiger partial charge in [-0.15, -0.1) is 0 Å². The van der Waals surface area contributed by atoms with Crippen LogP contribution in [0.2, 0.25) is 0 Å². The summed E-state index contributed by atoms with van der Waals surface area (Å²) in [6.07, 6.45) is 2.77. The number of nitrogens with zero attached hydrogens (tertiary/aromatic N) is 1. The van der Waals surface area contributed by atoms with E-state index in [0.717, 1.165) is 57.0 Å². The Bertz CT molecular complexity index is 2550. The van der Waals surface area contributed by atoms with E-state index in [2.05, 4.69) is 79.9 Å². The van der Waals surface area contributed by atoms with Crippen LogP contribution >= 0.6 is 69.0 Å². The van der Waals surface area contributed by atoms with Gasteiger partial charge in [0.05, 0.1) is 29.7 Å². The van der Waals surface area contributed by atoms with Gasteiger partial charge in [-0.05, 0) is 162 Å². The van der Waals surface area contributed by atoms with E-state index >= 15 is 0 Å². The maximum absolute atomic E-state index is 13.6. The van der Waals surface area contributed by atoms with Gasteiger partial charge in [-0.1, -0.05) is 131 Å². The van der Waals surface area contributed by atoms with Gasteiger partial charge in [0, 0.05) is 14.5 Å². The van der Waals surface area contributed by atoms with Crippen molar-refractivity contribution in [2.75, 3.05) is 13.3 Å². The fourth-order valence-corrected chi connectivity index (χ4v) is 9.62. The van der Waals surface area contributed by atoms with Gasteiger partial charge in [0.1, 0.15) is 36.9 Å². The molecule has 0 spiro atoms. The molecule has 2 amide bonds. The van der Waals surface area contributed by atoms with Crippen molar-refractivity contribution >= 4 is 99.4 Å². The van der Waals surface area contributed by atoms with E-state index in [4.69, 9.17) is 70.9 Å². The Kier molecular flexibility index (Phi) is 19.4. The number of aliphatic hydroxyl groups is 1. The van der Waals surface area contributed by atoms with Gasteiger partial charge in [0.25, 0.3) is 11.8 Å². The number of amides is 2. The highest BCUT2D eigenvalue weighted by Crippen LogP contribution is 2.51. The van der Waals surface area contributed by atoms with Gasteiger partial charge >= 0.3 is 13.1 Å². The van der Waals surface area contributed by atoms with E-state index in [9.17, 15) is 28.3 Å². The molecule has 2 aliphatic carbocycles. The number of rotatable bonds is 14. The minimum atomic E-state index is -1.32. The Labute approximate surface area is 468 Å². The number of carbonyl (C=O) groups is 3. The summed E-state index contributed by atoms with van der Waals surface area (Å²) in [4.78, 5) is 34.7. The van der Waals surface area contributed by atoms with Crippen molar-refractivity contribution in [1.82, 2.24) is 10.2 Å². The third kappa shape index (κ3) is 14.7. The molecule has 4 aromatic carbocycles. The van der Waals surface area contributed by atoms with E-state index in [0.29, 0.717) is 12.0 Å². The quantitative estimate of drug-likeness (QED) is 0.0485. The number of carbonyl (C=O) groups excluding carboxylic acids is 3. The predicted octanol–water partition coefficient (Wildman–Crippen LogP) is 11.4. The first-order valence-electron chi connectivity index (χ1n) is 24.6. The Hall–Kier alpha value is -3.10. The molecule has 0 aromatic heterocycles. The molecule has 4 fully saturated rings. The van der Waals surface area contributed by atoms with Crippen LogP contribution < -0.4 is 16.5 Å². The van der Waals surface area contributed by atoms with Crippen LogP contribution in [0.5, 0.6) is 0 Å². The highest BCUT2D eigenvalue weighted by Gasteiger charge is 2.53. The lowest BCUT2D eigenvalue weighted by atomic mass is 9.77. The van der Waals surface area contributed by atoms with Gasteiger partial charge in [-0.2, -0.15) is 0 Å². The molecule has 402 valence electrons. The second kappa shape index (κ2) is 23.9. The van der Waals surface area contributed by atoms with Gasteiger partial charge in [0.2, 0.25) is 0 Å². The molecule has 0 radical (unpaired) electrons. The summed E-state index contributed by atoms with van der Waals surface area (Å²) >= 11 is 24.4. The van der Waals surface area contributed by atoms with Crippen LogP contribution in [0, 0.1) is 3.57 Å². The van der Waals surface area contributed by atoms with Crippen LogP contribution in [0.3, 0.4) is 0 Å². The smallest absolute Gasteiger partial charge is 0.460 e. The van der Waals surface area contributed by atoms with Crippen LogP contribution in [0.15, 0.2) is 97.1 Å². The normalized spacial score (nSPS) is 21.4. The molecule has 19 heteroatoms. The summed E-state index contributed by atoms with van der Waals surface area (Å²) in [5.41, 5.74) is 10.5. The summed E-state index contributed by atoms with van der Waals surface area (Å²) in [6.45, 7) is 15.7. The van der Waals surface area contributed by atoms with E-state index in [1.807, 2.05) is 81.4 Å². The molecule has 4 N–H and O–H groups in total. The Morgan fingerprint density at radius 2 is 1.31 bits per heavy atom. The molecule has 2 saturated carbocycles. The highest BCUT2D eigenvalue weighted by atomic mass is 127. The molecule has 2 aliphatic heterocycles. The van der Waals surface area contributed by atoms with Crippen molar-refractivity contribution in [2.24, 2.45) is 5.73 Å². The molecule has 74 heavy (non-hydrogen) atoms. The monoisotopic (exact) mass is 1210 g/mol. The highest BCUT2D eigenvalue weighted by molar-refractivity contribution is 14.1. The topological polar surface area (TPSA) is 150 Å². The van der Waals surface area contributed by atoms with Gasteiger partial charge in [0.15, 0.2) is 9.67 Å². The zero-order chi connectivity index (χ0) is 54.8. The maximum Gasteiger partial charge on any atom is 0.494 e. The van der Waals surface area contributed by atoms with E-state index < -0.39 is 70.5 Å². The fourth-order valence-electron chi connectivity index (χ4n) is 8.92. The van der Waals surface area contributed by atoms with Crippen molar-refractivity contribution in [3.63, 3.8) is 0 Å². The summed E-state index contributed by atoms with van der Waals surface area (Å²) in [7, 11) is -0.352. The number of aliphatic hydroxyl groups excluding tert-OH is 1. The first kappa shape index (κ1) is 60.1. The number of nitrogens with one attached hydrogen (secondary N) is 1. The molecule has 4 atom stereocenters. The number of hydrogen-bond donors (Lipinski definition) is 3. The number of halogens is 7. The number of alkyl halides is 6. The third-order valence-electron chi connectivity index (χ3n) is 14.2. The van der Waals surface area contributed by atoms with E-state index in [1.165, 1.54) is 10.5 Å². The SMILES string of the molecule is CC(C)(C)OC(=O)CC1(c2ccc(B3OC(C)(C)C(C)(C)O3)cc2)CC1.CC1(C)OC(c2ccc(I)cc2)[C@@H](CF)N1C(=O)C(Cl)Cl.NC1(c2ccc(-c3ccc(C(O)C(CF)NC(=O)C(Cl)Cl)cc3)cc2)CC1. The van der Waals surface area contributed by atoms with Gasteiger partial charge in [-0.25, -0.2) is 8.78 Å². The van der Waals surface area contributed by atoms with E-state index in [1.54, 1.807) is 26.0 Å². The summed E-state index contributed by atoms with van der Waals surface area (Å²) in [5, 5.41) is 12.6. The molecule has 2 saturated heterocycles. The Balaban J connectivity index is 0.000000182. The first-order chi connectivity index (χ1) is 34.4. The van der Waals surface area contributed by atoms with E-state index in [-0.39, 0.29) is 35.2 Å². The number of esters is 1. The third-order valence-corrected chi connectivity index (χ3v) is 15.7. The summed E-state index contributed by atoms with van der Waals surface area (Å²) in [6, 6.07) is 29.2. The second-order valence-corrected chi connectivity index (χ2v) is 25.3. The maximum atomic E-state index is 13.6. The summed E-state index contributed by atoms with van der Waals surface area (Å²) < 4.78 is 51.5. The average molecular weight is 1220 g/mol. The minimum Gasteiger partial charge on any atom is -0.460 e. The molecule has 4 aliphatic rings. The van der Waals surface area contributed by atoms with Gasteiger partial charge in [-0.3, -0.25) is 14.4 Å². The zero-order valence-corrected chi connectivity index (χ0v) is 48.4. The molecule has 8 rings (SSSR count). The molecule has 0 bridgehead atoms. The number of ether oxygens (including phenoxy) is 2. The molecule has 2 heterocycles. The number of nitrogens with two attached hydrogens (primary N) is 1. The molecule has 11 nitrogen and oxygen atoms in total. The lowest BCUT2D eigenvalue weighted by Crippen LogP contribution is -2.50. The molecular weight excluding hydrogens is 1150 g/mol. The number of benzene rings is 4. The predicted molar refractivity (Wildman–Crippen MR) is 298 cm³/mol. The van der Waals surface area contributed by atoms with Crippen molar-refractivity contribution < 1.29 is 47.1 Å². The van der Waals surface area contributed by atoms with Crippen LogP contribution in [0.25, 0.3) is 11.1 Å². The van der Waals surface area contributed by atoms with Crippen molar-refractivity contribution in [1.29, 1.82) is 0 Å². The zero-order valence-electron chi connectivity index (χ0n) is 43.2. The molecular formula is C55H67BCl4F2IN3O8. The summed E-state index contributed by atoms with van der Waals surface area (Å²) in [5.74, 6) is -1.41. The average Bonchev–Trinajstić information content (AvgIpc) is 4.25. The largest absolute Gasteiger partial charge is 0.494 e. The standard InChI is InChI=1S/C21H31BO4.C20H21Cl2FN2O2.C14H15Cl2FINO2/c1-18(2,3)24-17(23)14-21(12-13-21)15-8-10-16(11-9-15)22-25-19(4,5)20(6,7)26-22;21-18(22)19(27)25-16(11-23)17(26)14-3-1-12(2-4-14)13-5-7-15(8-6-13)20(24)9-10-20;1-14(2)19(13(20)12(15)16)10(7-17)11(21-14)8-3-5-9(18)6-4-8/h8-11H,12-14H2,1-7H3;1-8,16-18,26H,9-11,24H2,(H,25,27);3-6,10-12H,7H2,1-2H3/t;;10-,11?/m..1/s1. The molecule has 4 aromatic rings. The second-order valence-electron chi connectivity index (χ2n) is 21.9. The van der Waals surface area contributed by atoms with Gasteiger partial charge < -0.3 is 39.8 Å². The van der Waals surface area contributed by atoms with Crippen molar-refractivity contribution in [3.05, 3.63) is 123 Å². The minimum absolute atomic E-state index is 0.0587. The molecule has 3 unspecified atom stereocenters. The van der Waals surface area contributed by atoms with Crippen LogP contribution in [-0.4, -0.2) is 92.5 Å². The van der Waals surface area contributed by atoms with Crippen molar-refractivity contribution in [2.45, 2.75) is 162 Å². The Morgan fingerprint density at radius 3 is 1.76 bits per heavy atom. The Morgan fingerprint density at radius 1 is 0.797 bits per heavy atom.